The zero-order valence-corrected chi connectivity index (χ0v) is 10.9. The van der Waals surface area contributed by atoms with Crippen LogP contribution >= 0.6 is 0 Å². The first kappa shape index (κ1) is 11.9. The summed E-state index contributed by atoms with van der Waals surface area (Å²) in [4.78, 5) is 7.25. The van der Waals surface area contributed by atoms with Crippen molar-refractivity contribution in [3.8, 4) is 0 Å². The van der Waals surface area contributed by atoms with Gasteiger partial charge in [-0.1, -0.05) is 6.07 Å². The maximum atomic E-state index is 4.04. The summed E-state index contributed by atoms with van der Waals surface area (Å²) in [6.45, 7) is 3.04. The first-order valence-electron chi connectivity index (χ1n) is 6.52. The number of hydrogen-bond donors (Lipinski definition) is 2. The van der Waals surface area contributed by atoms with Gasteiger partial charge in [-0.25, -0.2) is 0 Å². The van der Waals surface area contributed by atoms with Crippen LogP contribution in [0.15, 0.2) is 55.0 Å². The van der Waals surface area contributed by atoms with E-state index in [-0.39, 0.29) is 0 Å². The molecule has 3 nitrogen and oxygen atoms in total. The molecular weight excluding hydrogens is 234 g/mol. The van der Waals surface area contributed by atoms with Gasteiger partial charge in [-0.15, -0.1) is 0 Å². The molecular formula is C16H17N3. The highest BCUT2D eigenvalue weighted by molar-refractivity contribution is 5.79. The van der Waals surface area contributed by atoms with E-state index in [4.69, 9.17) is 0 Å². The van der Waals surface area contributed by atoms with Crippen molar-refractivity contribution in [3.05, 3.63) is 66.1 Å². The number of nitrogens with one attached hydrogen (secondary N) is 2. The Balaban J connectivity index is 1.68. The van der Waals surface area contributed by atoms with E-state index in [0.29, 0.717) is 6.04 Å². The highest BCUT2D eigenvalue weighted by Gasteiger charge is 2.04. The minimum Gasteiger partial charge on any atom is -0.361 e. The first-order chi connectivity index (χ1) is 9.33. The fraction of sp³-hybridized carbons (Fsp3) is 0.188. The van der Waals surface area contributed by atoms with Crippen LogP contribution in [-0.2, 0) is 6.54 Å². The van der Waals surface area contributed by atoms with Crippen molar-refractivity contribution in [1.82, 2.24) is 15.3 Å². The van der Waals surface area contributed by atoms with Gasteiger partial charge in [0.15, 0.2) is 0 Å². The van der Waals surface area contributed by atoms with Crippen LogP contribution in [0.5, 0.6) is 0 Å². The van der Waals surface area contributed by atoms with E-state index in [1.54, 1.807) is 0 Å². The molecule has 3 heteroatoms. The van der Waals surface area contributed by atoms with Crippen molar-refractivity contribution in [2.24, 2.45) is 0 Å². The maximum Gasteiger partial charge on any atom is 0.0454 e. The minimum absolute atomic E-state index is 0.324. The predicted octanol–water partition coefficient (Wildman–Crippen LogP) is 3.41. The van der Waals surface area contributed by atoms with Crippen LogP contribution in [0.4, 0.5) is 0 Å². The number of nitrogens with zero attached hydrogens (tertiary/aromatic N) is 1. The summed E-state index contributed by atoms with van der Waals surface area (Å²) in [5.74, 6) is 0. The zero-order chi connectivity index (χ0) is 13.1. The molecule has 96 valence electrons. The molecule has 0 aliphatic heterocycles. The third kappa shape index (κ3) is 2.66. The third-order valence-corrected chi connectivity index (χ3v) is 3.44. The van der Waals surface area contributed by atoms with E-state index in [1.807, 2.05) is 30.7 Å². The molecule has 0 saturated heterocycles. The molecule has 1 atom stereocenters. The lowest BCUT2D eigenvalue weighted by Gasteiger charge is -2.14. The van der Waals surface area contributed by atoms with Gasteiger partial charge in [-0.3, -0.25) is 4.98 Å². The van der Waals surface area contributed by atoms with Crippen LogP contribution in [0.25, 0.3) is 10.9 Å². The molecule has 0 saturated carbocycles. The smallest absolute Gasteiger partial charge is 0.0454 e. The van der Waals surface area contributed by atoms with Gasteiger partial charge in [-0.05, 0) is 53.8 Å². The van der Waals surface area contributed by atoms with Crippen molar-refractivity contribution in [3.63, 3.8) is 0 Å². The molecule has 0 fully saturated rings. The lowest BCUT2D eigenvalue weighted by Crippen LogP contribution is -2.17. The van der Waals surface area contributed by atoms with Crippen LogP contribution in [0.3, 0.4) is 0 Å². The molecule has 0 aliphatic rings. The van der Waals surface area contributed by atoms with Gasteiger partial charge in [0.05, 0.1) is 0 Å². The molecule has 0 bridgehead atoms. The Morgan fingerprint density at radius 1 is 1.16 bits per heavy atom. The third-order valence-electron chi connectivity index (χ3n) is 3.44. The van der Waals surface area contributed by atoms with Crippen molar-refractivity contribution in [1.29, 1.82) is 0 Å². The topological polar surface area (TPSA) is 40.7 Å². The second kappa shape index (κ2) is 5.24. The van der Waals surface area contributed by atoms with Gasteiger partial charge in [0.25, 0.3) is 0 Å². The van der Waals surface area contributed by atoms with Gasteiger partial charge in [0.1, 0.15) is 0 Å². The molecule has 0 radical (unpaired) electrons. The van der Waals surface area contributed by atoms with Gasteiger partial charge in [0.2, 0.25) is 0 Å². The standard InChI is InChI=1S/C16H17N3/c1-12(14-4-7-17-8-5-14)19-11-13-2-3-16-15(10-13)6-9-18-16/h2-10,12,18-19H,11H2,1H3. The number of H-pyrrole nitrogens is 1. The fourth-order valence-electron chi connectivity index (χ4n) is 2.25. The molecule has 1 unspecified atom stereocenters. The fourth-order valence-corrected chi connectivity index (χ4v) is 2.25. The summed E-state index contributed by atoms with van der Waals surface area (Å²) in [5.41, 5.74) is 3.75. The Bertz CT molecular complexity index is 658. The first-order valence-corrected chi connectivity index (χ1v) is 6.52. The van der Waals surface area contributed by atoms with Crippen molar-refractivity contribution >= 4 is 10.9 Å². The van der Waals surface area contributed by atoms with Gasteiger partial charge >= 0.3 is 0 Å². The molecule has 19 heavy (non-hydrogen) atoms. The Hall–Kier alpha value is -2.13. The second-order valence-corrected chi connectivity index (χ2v) is 4.78. The summed E-state index contributed by atoms with van der Waals surface area (Å²) in [5, 5.41) is 4.79. The molecule has 2 N–H and O–H groups in total. The number of pyridine rings is 1. The SMILES string of the molecule is CC(NCc1ccc2[nH]ccc2c1)c1ccncc1. The number of rotatable bonds is 4. The van der Waals surface area contributed by atoms with E-state index >= 15 is 0 Å². The molecule has 2 heterocycles. The lowest BCUT2D eigenvalue weighted by atomic mass is 10.1. The largest absolute Gasteiger partial charge is 0.361 e. The molecule has 1 aromatic carbocycles. The quantitative estimate of drug-likeness (QED) is 0.746. The van der Waals surface area contributed by atoms with E-state index in [2.05, 4.69) is 46.5 Å². The highest BCUT2D eigenvalue weighted by atomic mass is 14.9. The number of aromatic nitrogens is 2. The van der Waals surface area contributed by atoms with E-state index < -0.39 is 0 Å². The van der Waals surface area contributed by atoms with E-state index in [1.165, 1.54) is 22.0 Å². The lowest BCUT2D eigenvalue weighted by molar-refractivity contribution is 0.574. The van der Waals surface area contributed by atoms with Gasteiger partial charge in [-0.2, -0.15) is 0 Å². The van der Waals surface area contributed by atoms with Crippen LogP contribution in [-0.4, -0.2) is 9.97 Å². The average Bonchev–Trinajstić information content (AvgIpc) is 2.93. The summed E-state index contributed by atoms with van der Waals surface area (Å²) in [6.07, 6.45) is 5.64. The summed E-state index contributed by atoms with van der Waals surface area (Å²) < 4.78 is 0. The molecule has 0 aliphatic carbocycles. The summed E-state index contributed by atoms with van der Waals surface area (Å²) >= 11 is 0. The summed E-state index contributed by atoms with van der Waals surface area (Å²) in [7, 11) is 0. The van der Waals surface area contributed by atoms with Crippen molar-refractivity contribution < 1.29 is 0 Å². The van der Waals surface area contributed by atoms with Crippen LogP contribution in [0.1, 0.15) is 24.1 Å². The van der Waals surface area contributed by atoms with Crippen molar-refractivity contribution in [2.75, 3.05) is 0 Å². The van der Waals surface area contributed by atoms with Gasteiger partial charge < -0.3 is 10.3 Å². The summed E-state index contributed by atoms with van der Waals surface area (Å²) in [6, 6.07) is 13.0. The van der Waals surface area contributed by atoms with E-state index in [9.17, 15) is 0 Å². The van der Waals surface area contributed by atoms with Crippen LogP contribution < -0.4 is 5.32 Å². The molecule has 2 aromatic heterocycles. The normalized spacial score (nSPS) is 12.7. The van der Waals surface area contributed by atoms with Gasteiger partial charge in [0, 0.05) is 36.7 Å². The monoisotopic (exact) mass is 251 g/mol. The van der Waals surface area contributed by atoms with Crippen molar-refractivity contribution in [2.45, 2.75) is 19.5 Å². The number of benzene rings is 1. The van der Waals surface area contributed by atoms with E-state index in [0.717, 1.165) is 6.54 Å². The average molecular weight is 251 g/mol. The number of hydrogen-bond acceptors (Lipinski definition) is 2. The number of aromatic amines is 1. The molecule has 0 amide bonds. The maximum absolute atomic E-state index is 4.04. The predicted molar refractivity (Wildman–Crippen MR) is 77.8 cm³/mol. The Labute approximate surface area is 112 Å². The Morgan fingerprint density at radius 2 is 2.00 bits per heavy atom. The minimum atomic E-state index is 0.324. The second-order valence-electron chi connectivity index (χ2n) is 4.78. The molecule has 3 aromatic rings. The Kier molecular flexibility index (Phi) is 3.29. The molecule has 0 spiro atoms. The Morgan fingerprint density at radius 3 is 2.84 bits per heavy atom. The zero-order valence-electron chi connectivity index (χ0n) is 10.9. The highest BCUT2D eigenvalue weighted by Crippen LogP contribution is 2.16. The number of fused-ring (bicyclic) bond motifs is 1. The van der Waals surface area contributed by atoms with Crippen LogP contribution in [0, 0.1) is 0 Å². The van der Waals surface area contributed by atoms with Crippen LogP contribution in [0.2, 0.25) is 0 Å². The molecule has 3 rings (SSSR count).